The van der Waals surface area contributed by atoms with E-state index in [9.17, 15) is 8.42 Å². The van der Waals surface area contributed by atoms with Gasteiger partial charge < -0.3 is 5.73 Å². The highest BCUT2D eigenvalue weighted by molar-refractivity contribution is 7.91. The van der Waals surface area contributed by atoms with Gasteiger partial charge in [0.2, 0.25) is 10.0 Å². The predicted octanol–water partition coefficient (Wildman–Crippen LogP) is 1.97. The minimum absolute atomic E-state index is 0.175. The number of anilines is 1. The van der Waals surface area contributed by atoms with Crippen LogP contribution < -0.4 is 10.5 Å². The maximum atomic E-state index is 12.2. The van der Waals surface area contributed by atoms with Crippen molar-refractivity contribution in [3.05, 3.63) is 59.3 Å². The number of nitrogens with two attached hydrogens (primary N) is 1. The molecule has 1 aromatic carbocycles. The molecule has 0 aliphatic carbocycles. The van der Waals surface area contributed by atoms with Crippen molar-refractivity contribution in [2.75, 3.05) is 4.72 Å². The SMILES string of the molecule is Cc1ccc(NS(=O)(=O)Cc2ccccc2C(N)=S)nc1. The van der Waals surface area contributed by atoms with E-state index in [1.54, 1.807) is 42.6 Å². The van der Waals surface area contributed by atoms with Gasteiger partial charge in [-0.05, 0) is 24.1 Å². The first-order valence-corrected chi connectivity index (χ1v) is 8.24. The first-order valence-electron chi connectivity index (χ1n) is 6.18. The third-order valence-corrected chi connectivity index (χ3v) is 4.23. The van der Waals surface area contributed by atoms with Crippen LogP contribution in [0.2, 0.25) is 0 Å². The molecule has 0 aliphatic rings. The van der Waals surface area contributed by atoms with Crippen molar-refractivity contribution in [1.82, 2.24) is 4.98 Å². The molecule has 1 aromatic heterocycles. The highest BCUT2D eigenvalue weighted by Gasteiger charge is 2.15. The van der Waals surface area contributed by atoms with Crippen molar-refractivity contribution in [1.29, 1.82) is 0 Å². The van der Waals surface area contributed by atoms with E-state index in [4.69, 9.17) is 18.0 Å². The molecule has 0 aliphatic heterocycles. The average Bonchev–Trinajstić information content (AvgIpc) is 2.41. The van der Waals surface area contributed by atoms with Crippen LogP contribution in [0.15, 0.2) is 42.6 Å². The number of nitrogens with one attached hydrogen (secondary N) is 1. The summed E-state index contributed by atoms with van der Waals surface area (Å²) in [5, 5.41) is 0. The van der Waals surface area contributed by atoms with E-state index in [0.717, 1.165) is 5.56 Å². The minimum Gasteiger partial charge on any atom is -0.389 e. The van der Waals surface area contributed by atoms with Crippen LogP contribution in [0.5, 0.6) is 0 Å². The molecule has 0 amide bonds. The third-order valence-electron chi connectivity index (χ3n) is 2.80. The molecule has 1 heterocycles. The number of aryl methyl sites for hydroxylation is 1. The van der Waals surface area contributed by atoms with Gasteiger partial charge >= 0.3 is 0 Å². The van der Waals surface area contributed by atoms with Gasteiger partial charge in [0.05, 0.1) is 5.75 Å². The van der Waals surface area contributed by atoms with Crippen molar-refractivity contribution >= 4 is 33.0 Å². The second kappa shape index (κ2) is 6.19. The lowest BCUT2D eigenvalue weighted by Crippen LogP contribution is -2.19. The third kappa shape index (κ3) is 4.24. The number of benzene rings is 1. The number of aromatic nitrogens is 1. The van der Waals surface area contributed by atoms with Crippen molar-refractivity contribution in [3.63, 3.8) is 0 Å². The molecule has 2 aromatic rings. The van der Waals surface area contributed by atoms with Gasteiger partial charge in [-0.25, -0.2) is 13.4 Å². The number of hydrogen-bond donors (Lipinski definition) is 2. The van der Waals surface area contributed by atoms with Gasteiger partial charge in [0.1, 0.15) is 10.8 Å². The van der Waals surface area contributed by atoms with E-state index in [1.807, 2.05) is 6.92 Å². The first kappa shape index (κ1) is 15.4. The van der Waals surface area contributed by atoms with Crippen LogP contribution in [-0.2, 0) is 15.8 Å². The molecule has 0 saturated carbocycles. The zero-order valence-electron chi connectivity index (χ0n) is 11.4. The summed E-state index contributed by atoms with van der Waals surface area (Å²) in [4.78, 5) is 4.20. The molecule has 0 fully saturated rings. The van der Waals surface area contributed by atoms with Gasteiger partial charge in [0.15, 0.2) is 0 Å². The quantitative estimate of drug-likeness (QED) is 0.822. The standard InChI is InChI=1S/C14H15N3O2S2/c1-10-6-7-13(16-8-10)17-21(18,19)9-11-4-2-3-5-12(11)14(15)20/h2-8H,9H2,1H3,(H2,15,20)(H,16,17). The molecule has 110 valence electrons. The lowest BCUT2D eigenvalue weighted by Gasteiger charge is -2.10. The lowest BCUT2D eigenvalue weighted by atomic mass is 10.1. The van der Waals surface area contributed by atoms with Crippen LogP contribution in [0.25, 0.3) is 0 Å². The predicted molar refractivity (Wildman–Crippen MR) is 87.5 cm³/mol. The number of rotatable bonds is 5. The molecule has 21 heavy (non-hydrogen) atoms. The average molecular weight is 321 g/mol. The van der Waals surface area contributed by atoms with Crippen molar-refractivity contribution < 1.29 is 8.42 Å². The Kier molecular flexibility index (Phi) is 4.54. The minimum atomic E-state index is -3.58. The summed E-state index contributed by atoms with van der Waals surface area (Å²) in [6.07, 6.45) is 1.60. The van der Waals surface area contributed by atoms with Gasteiger partial charge in [-0.15, -0.1) is 0 Å². The summed E-state index contributed by atoms with van der Waals surface area (Å²) in [7, 11) is -3.58. The summed E-state index contributed by atoms with van der Waals surface area (Å²) >= 11 is 4.93. The Balaban J connectivity index is 2.22. The Morgan fingerprint density at radius 1 is 1.29 bits per heavy atom. The van der Waals surface area contributed by atoms with Gasteiger partial charge in [0, 0.05) is 11.8 Å². The molecule has 0 atom stereocenters. The van der Waals surface area contributed by atoms with E-state index >= 15 is 0 Å². The van der Waals surface area contributed by atoms with Crippen LogP contribution in [0, 0.1) is 6.92 Å². The molecular formula is C14H15N3O2S2. The topological polar surface area (TPSA) is 85.1 Å². The smallest absolute Gasteiger partial charge is 0.238 e. The normalized spacial score (nSPS) is 11.1. The summed E-state index contributed by atoms with van der Waals surface area (Å²) in [5.74, 6) is 0.0733. The molecule has 0 bridgehead atoms. The van der Waals surface area contributed by atoms with E-state index in [1.165, 1.54) is 0 Å². The van der Waals surface area contributed by atoms with Crippen molar-refractivity contribution in [3.8, 4) is 0 Å². The van der Waals surface area contributed by atoms with Crippen LogP contribution in [0.1, 0.15) is 16.7 Å². The Labute approximate surface area is 129 Å². The maximum absolute atomic E-state index is 12.2. The summed E-state index contributed by atoms with van der Waals surface area (Å²) < 4.78 is 26.8. The molecule has 0 spiro atoms. The largest absolute Gasteiger partial charge is 0.389 e. The maximum Gasteiger partial charge on any atom is 0.238 e. The Hall–Kier alpha value is -1.99. The number of sulfonamides is 1. The Morgan fingerprint density at radius 2 is 2.00 bits per heavy atom. The van der Waals surface area contributed by atoms with Crippen molar-refractivity contribution in [2.24, 2.45) is 5.73 Å². The fourth-order valence-corrected chi connectivity index (χ4v) is 3.19. The zero-order chi connectivity index (χ0) is 15.5. The van der Waals surface area contributed by atoms with Gasteiger partial charge in [0.25, 0.3) is 0 Å². The highest BCUT2D eigenvalue weighted by atomic mass is 32.2. The molecule has 7 heteroatoms. The van der Waals surface area contributed by atoms with E-state index < -0.39 is 10.0 Å². The highest BCUT2D eigenvalue weighted by Crippen LogP contribution is 2.15. The lowest BCUT2D eigenvalue weighted by molar-refractivity contribution is 0.600. The molecule has 0 radical (unpaired) electrons. The van der Waals surface area contributed by atoms with Crippen LogP contribution in [-0.4, -0.2) is 18.4 Å². The second-order valence-corrected chi connectivity index (χ2v) is 6.77. The van der Waals surface area contributed by atoms with E-state index in [2.05, 4.69) is 9.71 Å². The number of pyridine rings is 1. The van der Waals surface area contributed by atoms with Crippen molar-refractivity contribution in [2.45, 2.75) is 12.7 Å². The monoisotopic (exact) mass is 321 g/mol. The first-order chi connectivity index (χ1) is 9.87. The summed E-state index contributed by atoms with van der Waals surface area (Å²) in [5.41, 5.74) is 7.69. The van der Waals surface area contributed by atoms with Crippen LogP contribution in [0.4, 0.5) is 5.82 Å². The molecule has 3 N–H and O–H groups in total. The van der Waals surface area contributed by atoms with Gasteiger partial charge in [-0.1, -0.05) is 42.5 Å². The molecule has 5 nitrogen and oxygen atoms in total. The van der Waals surface area contributed by atoms with Crippen LogP contribution in [0.3, 0.4) is 0 Å². The van der Waals surface area contributed by atoms with Gasteiger partial charge in [-0.2, -0.15) is 0 Å². The van der Waals surface area contributed by atoms with E-state index in [0.29, 0.717) is 11.1 Å². The Bertz CT molecular complexity index is 756. The summed E-state index contributed by atoms with van der Waals surface area (Å²) in [6.45, 7) is 1.88. The fraction of sp³-hybridized carbons (Fsp3) is 0.143. The van der Waals surface area contributed by atoms with Gasteiger partial charge in [-0.3, -0.25) is 4.72 Å². The Morgan fingerprint density at radius 3 is 2.62 bits per heavy atom. The molecule has 2 rings (SSSR count). The number of nitrogens with zero attached hydrogens (tertiary/aromatic N) is 1. The summed E-state index contributed by atoms with van der Waals surface area (Å²) in [6, 6.07) is 10.3. The molecule has 0 unspecified atom stereocenters. The number of thiocarbonyl (C=S) groups is 1. The zero-order valence-corrected chi connectivity index (χ0v) is 13.0. The van der Waals surface area contributed by atoms with E-state index in [-0.39, 0.29) is 16.6 Å². The van der Waals surface area contributed by atoms with Crippen LogP contribution >= 0.6 is 12.2 Å². The second-order valence-electron chi connectivity index (χ2n) is 4.60. The molecule has 0 saturated heterocycles. The molecular weight excluding hydrogens is 306 g/mol. The fourth-order valence-electron chi connectivity index (χ4n) is 1.81. The number of hydrogen-bond acceptors (Lipinski definition) is 4.